The molecule has 2 rings (SSSR count). The number of rotatable bonds is 7. The summed E-state index contributed by atoms with van der Waals surface area (Å²) < 4.78 is 5.75. The number of benzene rings is 2. The van der Waals surface area contributed by atoms with Crippen molar-refractivity contribution in [1.29, 1.82) is 0 Å². The highest BCUT2D eigenvalue weighted by molar-refractivity contribution is 5.84. The third-order valence-electron chi connectivity index (χ3n) is 3.46. The SMILES string of the molecule is CCCCOc1ccc2cc(CCCC)ccc2c1. The summed E-state index contributed by atoms with van der Waals surface area (Å²) in [5.41, 5.74) is 1.44. The van der Waals surface area contributed by atoms with Crippen LogP contribution in [0.3, 0.4) is 0 Å². The van der Waals surface area contributed by atoms with Gasteiger partial charge >= 0.3 is 0 Å². The minimum Gasteiger partial charge on any atom is -0.494 e. The Hall–Kier alpha value is -1.50. The molecular weight excluding hydrogens is 232 g/mol. The molecule has 0 amide bonds. The summed E-state index contributed by atoms with van der Waals surface area (Å²) in [6.45, 7) is 5.24. The Morgan fingerprint density at radius 3 is 2.37 bits per heavy atom. The Morgan fingerprint density at radius 1 is 0.842 bits per heavy atom. The second-order valence-electron chi connectivity index (χ2n) is 5.15. The highest BCUT2D eigenvalue weighted by Gasteiger charge is 1.99. The van der Waals surface area contributed by atoms with E-state index in [0.29, 0.717) is 0 Å². The van der Waals surface area contributed by atoms with Crippen LogP contribution >= 0.6 is 0 Å². The molecule has 0 heterocycles. The van der Waals surface area contributed by atoms with Gasteiger partial charge in [-0.3, -0.25) is 0 Å². The van der Waals surface area contributed by atoms with Crippen molar-refractivity contribution in [3.05, 3.63) is 42.0 Å². The van der Waals surface area contributed by atoms with Gasteiger partial charge in [-0.25, -0.2) is 0 Å². The van der Waals surface area contributed by atoms with E-state index in [1.54, 1.807) is 0 Å². The number of unbranched alkanes of at least 4 members (excludes halogenated alkanes) is 2. The van der Waals surface area contributed by atoms with Crippen molar-refractivity contribution in [2.75, 3.05) is 6.61 Å². The van der Waals surface area contributed by atoms with Crippen molar-refractivity contribution >= 4 is 10.8 Å². The van der Waals surface area contributed by atoms with E-state index < -0.39 is 0 Å². The van der Waals surface area contributed by atoms with Crippen molar-refractivity contribution in [2.45, 2.75) is 46.0 Å². The number of ether oxygens (including phenoxy) is 1. The predicted molar refractivity (Wildman–Crippen MR) is 83.0 cm³/mol. The van der Waals surface area contributed by atoms with Gasteiger partial charge in [-0.1, -0.05) is 51.0 Å². The lowest BCUT2D eigenvalue weighted by molar-refractivity contribution is 0.310. The van der Waals surface area contributed by atoms with Gasteiger partial charge in [0.05, 0.1) is 6.61 Å². The first kappa shape index (κ1) is 13.9. The standard InChI is InChI=1S/C18H24O/c1-3-5-7-15-8-9-17-14-18(19-12-6-4-2)11-10-16(17)13-15/h8-11,13-14H,3-7,12H2,1-2H3. The summed E-state index contributed by atoms with van der Waals surface area (Å²) in [7, 11) is 0. The van der Waals surface area contributed by atoms with Gasteiger partial charge in [0.1, 0.15) is 5.75 Å². The Kier molecular flexibility index (Phi) is 5.26. The average Bonchev–Trinajstić information content (AvgIpc) is 2.45. The van der Waals surface area contributed by atoms with Crippen molar-refractivity contribution in [3.8, 4) is 5.75 Å². The zero-order valence-electron chi connectivity index (χ0n) is 12.1. The highest BCUT2D eigenvalue weighted by Crippen LogP contribution is 2.23. The summed E-state index contributed by atoms with van der Waals surface area (Å²) in [4.78, 5) is 0. The zero-order valence-corrected chi connectivity index (χ0v) is 12.1. The normalized spacial score (nSPS) is 10.8. The molecule has 19 heavy (non-hydrogen) atoms. The fourth-order valence-corrected chi connectivity index (χ4v) is 2.23. The molecule has 0 saturated carbocycles. The van der Waals surface area contributed by atoms with Crippen LogP contribution in [0.15, 0.2) is 36.4 Å². The van der Waals surface area contributed by atoms with E-state index in [0.717, 1.165) is 18.8 Å². The monoisotopic (exact) mass is 256 g/mol. The molecule has 1 heteroatoms. The van der Waals surface area contributed by atoms with Crippen LogP contribution in [0.25, 0.3) is 10.8 Å². The molecule has 0 atom stereocenters. The molecule has 1 nitrogen and oxygen atoms in total. The third kappa shape index (κ3) is 3.99. The van der Waals surface area contributed by atoms with Gasteiger partial charge in [0.25, 0.3) is 0 Å². The van der Waals surface area contributed by atoms with Crippen molar-refractivity contribution < 1.29 is 4.74 Å². The van der Waals surface area contributed by atoms with Crippen LogP contribution in [0.2, 0.25) is 0 Å². The Morgan fingerprint density at radius 2 is 1.58 bits per heavy atom. The fourth-order valence-electron chi connectivity index (χ4n) is 2.23. The van der Waals surface area contributed by atoms with Gasteiger partial charge in [-0.2, -0.15) is 0 Å². The van der Waals surface area contributed by atoms with Crippen LogP contribution in [0.4, 0.5) is 0 Å². The molecule has 0 spiro atoms. The molecule has 2 aromatic carbocycles. The van der Waals surface area contributed by atoms with Crippen LogP contribution in [-0.2, 0) is 6.42 Å². The lowest BCUT2D eigenvalue weighted by Crippen LogP contribution is -1.96. The number of hydrogen-bond donors (Lipinski definition) is 0. The quantitative estimate of drug-likeness (QED) is 0.606. The van der Waals surface area contributed by atoms with Crippen molar-refractivity contribution in [2.24, 2.45) is 0 Å². The zero-order chi connectivity index (χ0) is 13.5. The minimum atomic E-state index is 0.816. The van der Waals surface area contributed by atoms with E-state index in [-0.39, 0.29) is 0 Å². The molecule has 0 bridgehead atoms. The van der Waals surface area contributed by atoms with Gasteiger partial charge in [-0.05, 0) is 47.7 Å². The van der Waals surface area contributed by atoms with E-state index in [1.165, 1.54) is 42.0 Å². The largest absolute Gasteiger partial charge is 0.494 e. The molecular formula is C18H24O. The second kappa shape index (κ2) is 7.18. The van der Waals surface area contributed by atoms with E-state index in [2.05, 4.69) is 50.2 Å². The van der Waals surface area contributed by atoms with Crippen LogP contribution in [-0.4, -0.2) is 6.61 Å². The molecule has 2 aromatic rings. The second-order valence-corrected chi connectivity index (χ2v) is 5.15. The van der Waals surface area contributed by atoms with E-state index >= 15 is 0 Å². The Bertz CT molecular complexity index is 516. The van der Waals surface area contributed by atoms with Crippen molar-refractivity contribution in [1.82, 2.24) is 0 Å². The van der Waals surface area contributed by atoms with Crippen LogP contribution < -0.4 is 4.74 Å². The molecule has 0 radical (unpaired) electrons. The Balaban J connectivity index is 2.11. The van der Waals surface area contributed by atoms with Crippen LogP contribution in [0, 0.1) is 0 Å². The van der Waals surface area contributed by atoms with Gasteiger partial charge in [0.15, 0.2) is 0 Å². The molecule has 0 fully saturated rings. The van der Waals surface area contributed by atoms with E-state index in [4.69, 9.17) is 4.74 Å². The number of hydrogen-bond acceptors (Lipinski definition) is 1. The molecule has 0 aliphatic carbocycles. The van der Waals surface area contributed by atoms with Crippen LogP contribution in [0.1, 0.15) is 45.1 Å². The maximum absolute atomic E-state index is 5.75. The van der Waals surface area contributed by atoms with Gasteiger partial charge in [0.2, 0.25) is 0 Å². The van der Waals surface area contributed by atoms with Gasteiger partial charge < -0.3 is 4.74 Å². The molecule has 0 aliphatic rings. The summed E-state index contributed by atoms with van der Waals surface area (Å²) in [5.74, 6) is 0.988. The number of fused-ring (bicyclic) bond motifs is 1. The van der Waals surface area contributed by atoms with E-state index in [1.807, 2.05) is 0 Å². The number of aryl methyl sites for hydroxylation is 1. The molecule has 0 saturated heterocycles. The summed E-state index contributed by atoms with van der Waals surface area (Å²) in [5, 5.41) is 2.59. The van der Waals surface area contributed by atoms with E-state index in [9.17, 15) is 0 Å². The minimum absolute atomic E-state index is 0.816. The lowest BCUT2D eigenvalue weighted by Gasteiger charge is -2.08. The van der Waals surface area contributed by atoms with Crippen molar-refractivity contribution in [3.63, 3.8) is 0 Å². The topological polar surface area (TPSA) is 9.23 Å². The summed E-state index contributed by atoms with van der Waals surface area (Å²) in [6.07, 6.45) is 6.00. The maximum atomic E-state index is 5.75. The molecule has 0 unspecified atom stereocenters. The first-order valence-electron chi connectivity index (χ1n) is 7.49. The smallest absolute Gasteiger partial charge is 0.119 e. The maximum Gasteiger partial charge on any atom is 0.119 e. The molecule has 102 valence electrons. The Labute approximate surface area is 116 Å². The van der Waals surface area contributed by atoms with Crippen LogP contribution in [0.5, 0.6) is 5.75 Å². The highest BCUT2D eigenvalue weighted by atomic mass is 16.5. The average molecular weight is 256 g/mol. The predicted octanol–water partition coefficient (Wildman–Crippen LogP) is 5.36. The molecule has 0 aliphatic heterocycles. The molecule has 0 N–H and O–H groups in total. The van der Waals surface area contributed by atoms with Gasteiger partial charge in [0, 0.05) is 0 Å². The third-order valence-corrected chi connectivity index (χ3v) is 3.46. The first-order chi connectivity index (χ1) is 9.33. The van der Waals surface area contributed by atoms with Gasteiger partial charge in [-0.15, -0.1) is 0 Å². The first-order valence-corrected chi connectivity index (χ1v) is 7.49. The summed E-state index contributed by atoms with van der Waals surface area (Å²) in [6, 6.07) is 13.2. The lowest BCUT2D eigenvalue weighted by atomic mass is 10.0. The molecule has 0 aromatic heterocycles. The fraction of sp³-hybridized carbons (Fsp3) is 0.444. The summed E-state index contributed by atoms with van der Waals surface area (Å²) >= 11 is 0.